The molecular weight excluding hydrogens is 255 g/mol. The molecule has 0 aliphatic carbocycles. The van der Waals surface area contributed by atoms with Gasteiger partial charge in [-0.2, -0.15) is 0 Å². The smallest absolute Gasteiger partial charge is 0.166 e. The molecule has 2 N–H and O–H groups in total. The molecule has 0 bridgehead atoms. The van der Waals surface area contributed by atoms with Crippen molar-refractivity contribution in [2.75, 3.05) is 5.32 Å². The predicted octanol–water partition coefficient (Wildman–Crippen LogP) is 3.98. The van der Waals surface area contributed by atoms with E-state index in [0.717, 1.165) is 18.2 Å². The third-order valence-corrected chi connectivity index (χ3v) is 2.76. The first-order valence-corrected chi connectivity index (χ1v) is 5.68. The summed E-state index contributed by atoms with van der Waals surface area (Å²) in [5.41, 5.74) is 0.210. The summed E-state index contributed by atoms with van der Waals surface area (Å²) >= 11 is 0. The highest BCUT2D eigenvalue weighted by atomic mass is 19.1. The molecular formula is C14H12F3NO. The van der Waals surface area contributed by atoms with Crippen LogP contribution in [0.1, 0.15) is 18.5 Å². The lowest BCUT2D eigenvalue weighted by atomic mass is 10.1. The molecule has 0 saturated heterocycles. The van der Waals surface area contributed by atoms with Gasteiger partial charge in [-0.15, -0.1) is 0 Å². The summed E-state index contributed by atoms with van der Waals surface area (Å²) in [6.07, 6.45) is 0. The summed E-state index contributed by atoms with van der Waals surface area (Å²) in [6, 6.07) is 6.58. The Morgan fingerprint density at radius 3 is 2.21 bits per heavy atom. The molecule has 0 aliphatic heterocycles. The monoisotopic (exact) mass is 267 g/mol. The van der Waals surface area contributed by atoms with Crippen LogP contribution < -0.4 is 5.32 Å². The Bertz CT molecular complexity index is 581. The van der Waals surface area contributed by atoms with Crippen molar-refractivity contribution in [3.05, 3.63) is 59.4 Å². The molecule has 1 unspecified atom stereocenters. The SMILES string of the molecule is CC(Nc1ccc(O)c(F)c1)c1c(F)cccc1F. The van der Waals surface area contributed by atoms with Gasteiger partial charge in [-0.05, 0) is 31.2 Å². The van der Waals surface area contributed by atoms with Crippen molar-refractivity contribution >= 4 is 5.69 Å². The molecule has 1 atom stereocenters. The van der Waals surface area contributed by atoms with E-state index in [2.05, 4.69) is 5.32 Å². The van der Waals surface area contributed by atoms with E-state index in [1.165, 1.54) is 18.2 Å². The van der Waals surface area contributed by atoms with E-state index in [-0.39, 0.29) is 5.56 Å². The molecule has 0 heterocycles. The molecule has 0 radical (unpaired) electrons. The van der Waals surface area contributed by atoms with Gasteiger partial charge < -0.3 is 10.4 Å². The Labute approximate surface area is 108 Å². The van der Waals surface area contributed by atoms with Crippen LogP contribution in [0.25, 0.3) is 0 Å². The van der Waals surface area contributed by atoms with E-state index in [0.29, 0.717) is 5.69 Å². The zero-order valence-corrected chi connectivity index (χ0v) is 10.1. The second-order valence-corrected chi connectivity index (χ2v) is 4.17. The minimum absolute atomic E-state index is 0.115. The van der Waals surface area contributed by atoms with Gasteiger partial charge in [0.2, 0.25) is 0 Å². The van der Waals surface area contributed by atoms with E-state index >= 15 is 0 Å². The van der Waals surface area contributed by atoms with Crippen LogP contribution in [0.2, 0.25) is 0 Å². The molecule has 0 saturated carbocycles. The molecule has 100 valence electrons. The fraction of sp³-hybridized carbons (Fsp3) is 0.143. The Hall–Kier alpha value is -2.17. The maximum absolute atomic E-state index is 13.6. The molecule has 0 aromatic heterocycles. The first kappa shape index (κ1) is 13.3. The van der Waals surface area contributed by atoms with Crippen LogP contribution in [-0.2, 0) is 0 Å². The molecule has 0 amide bonds. The number of hydrogen-bond donors (Lipinski definition) is 2. The standard InChI is InChI=1S/C14H12F3NO/c1-8(14-10(15)3-2-4-11(14)16)18-9-5-6-13(19)12(17)7-9/h2-8,18-19H,1H3. The normalized spacial score (nSPS) is 12.2. The van der Waals surface area contributed by atoms with Crippen molar-refractivity contribution in [2.24, 2.45) is 0 Å². The van der Waals surface area contributed by atoms with Crippen LogP contribution in [-0.4, -0.2) is 5.11 Å². The van der Waals surface area contributed by atoms with E-state index in [4.69, 9.17) is 5.11 Å². The zero-order valence-electron chi connectivity index (χ0n) is 10.1. The van der Waals surface area contributed by atoms with Gasteiger partial charge in [-0.1, -0.05) is 6.07 Å². The number of phenols is 1. The number of nitrogens with one attached hydrogen (secondary N) is 1. The number of rotatable bonds is 3. The molecule has 2 rings (SSSR count). The van der Waals surface area contributed by atoms with Gasteiger partial charge in [-0.25, -0.2) is 13.2 Å². The lowest BCUT2D eigenvalue weighted by Crippen LogP contribution is -2.11. The highest BCUT2D eigenvalue weighted by Gasteiger charge is 2.16. The second kappa shape index (κ2) is 5.22. The molecule has 2 aromatic rings. The fourth-order valence-corrected chi connectivity index (χ4v) is 1.84. The van der Waals surface area contributed by atoms with Crippen molar-refractivity contribution < 1.29 is 18.3 Å². The van der Waals surface area contributed by atoms with Gasteiger partial charge >= 0.3 is 0 Å². The van der Waals surface area contributed by atoms with Gasteiger partial charge in [0.05, 0.1) is 6.04 Å². The Morgan fingerprint density at radius 2 is 1.63 bits per heavy atom. The minimum Gasteiger partial charge on any atom is -0.505 e. The Morgan fingerprint density at radius 1 is 1.00 bits per heavy atom. The molecule has 0 fully saturated rings. The fourth-order valence-electron chi connectivity index (χ4n) is 1.84. The third kappa shape index (κ3) is 2.81. The van der Waals surface area contributed by atoms with Crippen LogP contribution in [0.3, 0.4) is 0 Å². The molecule has 2 nitrogen and oxygen atoms in total. The number of benzene rings is 2. The van der Waals surface area contributed by atoms with E-state index in [9.17, 15) is 13.2 Å². The van der Waals surface area contributed by atoms with Crippen molar-refractivity contribution in [3.8, 4) is 5.75 Å². The van der Waals surface area contributed by atoms with Gasteiger partial charge in [0.15, 0.2) is 11.6 Å². The van der Waals surface area contributed by atoms with Gasteiger partial charge in [-0.3, -0.25) is 0 Å². The number of halogens is 3. The highest BCUT2D eigenvalue weighted by Crippen LogP contribution is 2.26. The van der Waals surface area contributed by atoms with Crippen LogP contribution in [0.4, 0.5) is 18.9 Å². The van der Waals surface area contributed by atoms with E-state index < -0.39 is 29.2 Å². The van der Waals surface area contributed by atoms with Gasteiger partial charge in [0, 0.05) is 17.3 Å². The van der Waals surface area contributed by atoms with E-state index in [1.807, 2.05) is 0 Å². The summed E-state index contributed by atoms with van der Waals surface area (Å²) in [7, 11) is 0. The first-order chi connectivity index (χ1) is 8.99. The molecule has 19 heavy (non-hydrogen) atoms. The quantitative estimate of drug-likeness (QED) is 0.824. The predicted molar refractivity (Wildman–Crippen MR) is 66.5 cm³/mol. The molecule has 2 aromatic carbocycles. The minimum atomic E-state index is -0.800. The average Bonchev–Trinajstić information content (AvgIpc) is 2.33. The lowest BCUT2D eigenvalue weighted by molar-refractivity contribution is 0.432. The summed E-state index contributed by atoms with van der Waals surface area (Å²) in [5.74, 6) is -2.61. The van der Waals surface area contributed by atoms with Gasteiger partial charge in [0.25, 0.3) is 0 Å². The largest absolute Gasteiger partial charge is 0.505 e. The molecule has 0 aliphatic rings. The van der Waals surface area contributed by atoms with Crippen molar-refractivity contribution in [1.29, 1.82) is 0 Å². The Kier molecular flexibility index (Phi) is 3.64. The molecule has 5 heteroatoms. The van der Waals surface area contributed by atoms with E-state index in [1.54, 1.807) is 6.92 Å². The average molecular weight is 267 g/mol. The number of anilines is 1. The van der Waals surface area contributed by atoms with Crippen molar-refractivity contribution in [3.63, 3.8) is 0 Å². The van der Waals surface area contributed by atoms with Gasteiger partial charge in [0.1, 0.15) is 11.6 Å². The van der Waals surface area contributed by atoms with Crippen molar-refractivity contribution in [2.45, 2.75) is 13.0 Å². The first-order valence-electron chi connectivity index (χ1n) is 5.68. The summed E-state index contributed by atoms with van der Waals surface area (Å²) < 4.78 is 40.3. The van der Waals surface area contributed by atoms with Crippen LogP contribution in [0.15, 0.2) is 36.4 Å². The number of phenolic OH excluding ortho intramolecular Hbond substituents is 1. The lowest BCUT2D eigenvalue weighted by Gasteiger charge is -2.17. The maximum atomic E-state index is 13.6. The zero-order chi connectivity index (χ0) is 14.0. The topological polar surface area (TPSA) is 32.3 Å². The van der Waals surface area contributed by atoms with Crippen LogP contribution >= 0.6 is 0 Å². The summed E-state index contributed by atoms with van der Waals surface area (Å²) in [4.78, 5) is 0. The summed E-state index contributed by atoms with van der Waals surface area (Å²) in [6.45, 7) is 1.56. The third-order valence-electron chi connectivity index (χ3n) is 2.76. The van der Waals surface area contributed by atoms with Crippen molar-refractivity contribution in [1.82, 2.24) is 0 Å². The van der Waals surface area contributed by atoms with Crippen LogP contribution in [0, 0.1) is 17.5 Å². The molecule has 0 spiro atoms. The van der Waals surface area contributed by atoms with Crippen LogP contribution in [0.5, 0.6) is 5.75 Å². The maximum Gasteiger partial charge on any atom is 0.166 e. The summed E-state index contributed by atoms with van der Waals surface area (Å²) in [5, 5.41) is 11.8. The second-order valence-electron chi connectivity index (χ2n) is 4.17. The highest BCUT2D eigenvalue weighted by molar-refractivity contribution is 5.48. The Balaban J connectivity index is 2.25. The number of hydrogen-bond acceptors (Lipinski definition) is 2. The number of aromatic hydroxyl groups is 1.